The predicted molar refractivity (Wildman–Crippen MR) is 88.4 cm³/mol. The first-order valence-corrected chi connectivity index (χ1v) is 8.23. The SMILES string of the molecule is CC(C)CN1C(N)=NCC12CCC(c1ccccc1)CC2. The second-order valence-electron chi connectivity index (χ2n) is 7.09. The van der Waals surface area contributed by atoms with Gasteiger partial charge in [0.15, 0.2) is 5.96 Å². The quantitative estimate of drug-likeness (QED) is 0.925. The fourth-order valence-electron chi connectivity index (χ4n) is 3.94. The number of rotatable bonds is 3. The molecule has 21 heavy (non-hydrogen) atoms. The van der Waals surface area contributed by atoms with E-state index in [0.717, 1.165) is 19.0 Å². The van der Waals surface area contributed by atoms with Crippen LogP contribution in [0.3, 0.4) is 0 Å². The van der Waals surface area contributed by atoms with Crippen molar-refractivity contribution in [1.29, 1.82) is 0 Å². The average molecular weight is 285 g/mol. The third kappa shape index (κ3) is 2.78. The van der Waals surface area contributed by atoms with Crippen LogP contribution in [0.1, 0.15) is 51.0 Å². The van der Waals surface area contributed by atoms with Gasteiger partial charge in [-0.05, 0) is 43.1 Å². The van der Waals surface area contributed by atoms with Gasteiger partial charge >= 0.3 is 0 Å². The summed E-state index contributed by atoms with van der Waals surface area (Å²) in [6.45, 7) is 6.45. The van der Waals surface area contributed by atoms with Gasteiger partial charge in [-0.3, -0.25) is 4.99 Å². The minimum Gasteiger partial charge on any atom is -0.370 e. The minimum absolute atomic E-state index is 0.208. The van der Waals surface area contributed by atoms with Crippen LogP contribution in [0.25, 0.3) is 0 Å². The zero-order valence-electron chi connectivity index (χ0n) is 13.3. The van der Waals surface area contributed by atoms with Crippen molar-refractivity contribution in [3.8, 4) is 0 Å². The van der Waals surface area contributed by atoms with Gasteiger partial charge in [-0.15, -0.1) is 0 Å². The van der Waals surface area contributed by atoms with Gasteiger partial charge in [0.25, 0.3) is 0 Å². The summed E-state index contributed by atoms with van der Waals surface area (Å²) >= 11 is 0. The van der Waals surface area contributed by atoms with Gasteiger partial charge in [0.05, 0.1) is 12.1 Å². The molecule has 1 aromatic carbocycles. The molecular formula is C18H27N3. The Balaban J connectivity index is 1.69. The molecule has 1 aliphatic heterocycles. The van der Waals surface area contributed by atoms with E-state index in [-0.39, 0.29) is 5.54 Å². The molecule has 0 radical (unpaired) electrons. The van der Waals surface area contributed by atoms with E-state index in [1.807, 2.05) is 0 Å². The third-order valence-electron chi connectivity index (χ3n) is 5.12. The van der Waals surface area contributed by atoms with Crippen LogP contribution in [-0.4, -0.2) is 29.5 Å². The highest BCUT2D eigenvalue weighted by Crippen LogP contribution is 2.43. The molecule has 1 fully saturated rings. The largest absolute Gasteiger partial charge is 0.370 e. The molecule has 3 nitrogen and oxygen atoms in total. The molecule has 0 unspecified atom stereocenters. The second kappa shape index (κ2) is 5.70. The zero-order valence-corrected chi connectivity index (χ0v) is 13.3. The number of nitrogens with zero attached hydrogens (tertiary/aromatic N) is 2. The summed E-state index contributed by atoms with van der Waals surface area (Å²) in [5, 5.41) is 0. The summed E-state index contributed by atoms with van der Waals surface area (Å²) in [6, 6.07) is 11.0. The van der Waals surface area contributed by atoms with Crippen LogP contribution in [-0.2, 0) is 0 Å². The predicted octanol–water partition coefficient (Wildman–Crippen LogP) is 3.37. The van der Waals surface area contributed by atoms with Gasteiger partial charge < -0.3 is 10.6 Å². The summed E-state index contributed by atoms with van der Waals surface area (Å²) < 4.78 is 0. The van der Waals surface area contributed by atoms with Crippen LogP contribution >= 0.6 is 0 Å². The van der Waals surface area contributed by atoms with Crippen molar-refractivity contribution in [2.45, 2.75) is 51.0 Å². The highest BCUT2D eigenvalue weighted by atomic mass is 15.4. The van der Waals surface area contributed by atoms with Gasteiger partial charge in [0.2, 0.25) is 0 Å². The molecule has 1 aliphatic carbocycles. The Morgan fingerprint density at radius 2 is 1.90 bits per heavy atom. The molecule has 2 aliphatic rings. The first-order chi connectivity index (χ1) is 10.1. The van der Waals surface area contributed by atoms with E-state index >= 15 is 0 Å². The molecule has 1 aromatic rings. The molecule has 1 saturated carbocycles. The molecule has 1 spiro atoms. The number of benzene rings is 1. The normalized spacial score (nSPS) is 29.2. The van der Waals surface area contributed by atoms with E-state index in [1.165, 1.54) is 31.2 Å². The van der Waals surface area contributed by atoms with E-state index in [0.29, 0.717) is 11.8 Å². The van der Waals surface area contributed by atoms with Gasteiger partial charge in [0, 0.05) is 6.54 Å². The highest BCUT2D eigenvalue weighted by molar-refractivity contribution is 5.81. The van der Waals surface area contributed by atoms with Crippen LogP contribution in [0.5, 0.6) is 0 Å². The Kier molecular flexibility index (Phi) is 3.92. The lowest BCUT2D eigenvalue weighted by molar-refractivity contribution is 0.122. The summed E-state index contributed by atoms with van der Waals surface area (Å²) in [5.74, 6) is 2.10. The van der Waals surface area contributed by atoms with Crippen molar-refractivity contribution in [3.63, 3.8) is 0 Å². The smallest absolute Gasteiger partial charge is 0.191 e. The average Bonchev–Trinajstić information content (AvgIpc) is 2.78. The maximum Gasteiger partial charge on any atom is 0.191 e. The van der Waals surface area contributed by atoms with Crippen LogP contribution < -0.4 is 5.73 Å². The third-order valence-corrected chi connectivity index (χ3v) is 5.12. The molecule has 0 bridgehead atoms. The Hall–Kier alpha value is -1.51. The summed E-state index contributed by atoms with van der Waals surface area (Å²) in [7, 11) is 0. The first kappa shape index (κ1) is 14.4. The molecule has 0 atom stereocenters. The number of hydrogen-bond acceptors (Lipinski definition) is 3. The lowest BCUT2D eigenvalue weighted by Crippen LogP contribution is -2.54. The molecule has 0 aromatic heterocycles. The van der Waals surface area contributed by atoms with Crippen molar-refractivity contribution in [3.05, 3.63) is 35.9 Å². The van der Waals surface area contributed by atoms with Crippen molar-refractivity contribution in [2.75, 3.05) is 13.1 Å². The summed E-state index contributed by atoms with van der Waals surface area (Å²) in [5.41, 5.74) is 7.86. The van der Waals surface area contributed by atoms with E-state index < -0.39 is 0 Å². The van der Waals surface area contributed by atoms with Gasteiger partial charge in [0.1, 0.15) is 0 Å². The molecule has 3 rings (SSSR count). The van der Waals surface area contributed by atoms with Gasteiger partial charge in [-0.2, -0.15) is 0 Å². The van der Waals surface area contributed by atoms with Crippen molar-refractivity contribution >= 4 is 5.96 Å². The van der Waals surface area contributed by atoms with Crippen LogP contribution in [0, 0.1) is 5.92 Å². The van der Waals surface area contributed by atoms with Crippen molar-refractivity contribution in [1.82, 2.24) is 4.90 Å². The maximum absolute atomic E-state index is 6.15. The number of aliphatic imine (C=N–C) groups is 1. The fourth-order valence-corrected chi connectivity index (χ4v) is 3.94. The Morgan fingerprint density at radius 3 is 2.52 bits per heavy atom. The van der Waals surface area contributed by atoms with Gasteiger partial charge in [-0.25, -0.2) is 0 Å². The lowest BCUT2D eigenvalue weighted by atomic mass is 9.73. The van der Waals surface area contributed by atoms with E-state index in [1.54, 1.807) is 0 Å². The molecular weight excluding hydrogens is 258 g/mol. The Labute approximate surface area is 128 Å². The molecule has 0 amide bonds. The Bertz CT molecular complexity index is 498. The second-order valence-corrected chi connectivity index (χ2v) is 7.09. The topological polar surface area (TPSA) is 41.6 Å². The molecule has 1 heterocycles. The first-order valence-electron chi connectivity index (χ1n) is 8.23. The van der Waals surface area contributed by atoms with Gasteiger partial charge in [-0.1, -0.05) is 44.2 Å². The Morgan fingerprint density at radius 1 is 1.24 bits per heavy atom. The fraction of sp³-hybridized carbons (Fsp3) is 0.611. The zero-order chi connectivity index (χ0) is 14.9. The van der Waals surface area contributed by atoms with Crippen LogP contribution in [0.4, 0.5) is 0 Å². The van der Waals surface area contributed by atoms with E-state index in [4.69, 9.17) is 5.73 Å². The van der Waals surface area contributed by atoms with Crippen LogP contribution in [0.15, 0.2) is 35.3 Å². The number of hydrogen-bond donors (Lipinski definition) is 1. The number of guanidine groups is 1. The summed E-state index contributed by atoms with van der Waals surface area (Å²) in [6.07, 6.45) is 4.93. The number of nitrogens with two attached hydrogens (primary N) is 1. The summed E-state index contributed by atoms with van der Waals surface area (Å²) in [4.78, 5) is 6.97. The van der Waals surface area contributed by atoms with Crippen LogP contribution in [0.2, 0.25) is 0 Å². The lowest BCUT2D eigenvalue weighted by Gasteiger charge is -2.45. The molecule has 114 valence electrons. The highest BCUT2D eigenvalue weighted by Gasteiger charge is 2.44. The van der Waals surface area contributed by atoms with E-state index in [9.17, 15) is 0 Å². The minimum atomic E-state index is 0.208. The monoisotopic (exact) mass is 285 g/mol. The standard InChI is InChI=1S/C18H27N3/c1-14(2)12-21-17(19)20-13-18(21)10-8-16(9-11-18)15-6-4-3-5-7-15/h3-7,14,16H,8-13H2,1-2H3,(H2,19,20). The van der Waals surface area contributed by atoms with E-state index in [2.05, 4.69) is 54.1 Å². The molecule has 0 saturated heterocycles. The molecule has 2 N–H and O–H groups in total. The molecule has 3 heteroatoms. The van der Waals surface area contributed by atoms with Crippen molar-refractivity contribution < 1.29 is 0 Å². The van der Waals surface area contributed by atoms with Crippen molar-refractivity contribution in [2.24, 2.45) is 16.6 Å². The maximum atomic E-state index is 6.15.